The van der Waals surface area contributed by atoms with Crippen LogP contribution < -0.4 is 14.4 Å². The molecule has 3 aromatic rings. The molecule has 0 radical (unpaired) electrons. The van der Waals surface area contributed by atoms with Crippen molar-refractivity contribution in [1.29, 1.82) is 0 Å². The standard InChI is InChI=1S/C24H25BrN2O4S/c1-18-9-6-7-14-23(18)31-17-19(2)26-24(28)16-27(21-11-8-10-20(25)15-21)32(29,30)22-12-4-3-5-13-22/h3-15,19H,16-17H2,1-2H3,(H,26,28). The molecule has 32 heavy (non-hydrogen) atoms. The number of hydrogen-bond acceptors (Lipinski definition) is 4. The van der Waals surface area contributed by atoms with Crippen molar-refractivity contribution in [3.63, 3.8) is 0 Å². The van der Waals surface area contributed by atoms with E-state index in [1.165, 1.54) is 12.1 Å². The highest BCUT2D eigenvalue weighted by molar-refractivity contribution is 9.10. The molecule has 3 rings (SSSR count). The highest BCUT2D eigenvalue weighted by atomic mass is 79.9. The fourth-order valence-corrected chi connectivity index (χ4v) is 4.91. The van der Waals surface area contributed by atoms with Crippen LogP contribution in [0, 0.1) is 6.92 Å². The predicted molar refractivity (Wildman–Crippen MR) is 129 cm³/mol. The number of amides is 1. The van der Waals surface area contributed by atoms with Crippen molar-refractivity contribution in [3.05, 3.63) is 88.9 Å². The second-order valence-electron chi connectivity index (χ2n) is 7.35. The van der Waals surface area contributed by atoms with E-state index in [0.29, 0.717) is 10.2 Å². The van der Waals surface area contributed by atoms with Crippen LogP contribution in [0.5, 0.6) is 5.75 Å². The summed E-state index contributed by atoms with van der Waals surface area (Å²) in [5, 5.41) is 2.83. The van der Waals surface area contributed by atoms with Gasteiger partial charge < -0.3 is 10.1 Å². The van der Waals surface area contributed by atoms with Gasteiger partial charge in [0.05, 0.1) is 16.6 Å². The van der Waals surface area contributed by atoms with Crippen LogP contribution in [0.1, 0.15) is 12.5 Å². The summed E-state index contributed by atoms with van der Waals surface area (Å²) in [7, 11) is -3.94. The lowest BCUT2D eigenvalue weighted by Crippen LogP contribution is -2.45. The van der Waals surface area contributed by atoms with Crippen molar-refractivity contribution >= 4 is 37.5 Å². The average Bonchev–Trinajstić information content (AvgIpc) is 2.77. The predicted octanol–water partition coefficient (Wildman–Crippen LogP) is 4.54. The van der Waals surface area contributed by atoms with Gasteiger partial charge in [-0.2, -0.15) is 0 Å². The summed E-state index contributed by atoms with van der Waals surface area (Å²) in [5.41, 5.74) is 1.39. The van der Waals surface area contributed by atoms with Crippen LogP contribution in [0.3, 0.4) is 0 Å². The van der Waals surface area contributed by atoms with Crippen molar-refractivity contribution in [2.24, 2.45) is 0 Å². The number of carbonyl (C=O) groups excluding carboxylic acids is 1. The van der Waals surface area contributed by atoms with Crippen molar-refractivity contribution < 1.29 is 17.9 Å². The molecule has 0 aliphatic carbocycles. The first-order chi connectivity index (χ1) is 15.3. The molecule has 3 aromatic carbocycles. The number of ether oxygens (including phenoxy) is 1. The van der Waals surface area contributed by atoms with Gasteiger partial charge in [-0.05, 0) is 55.8 Å². The fourth-order valence-electron chi connectivity index (χ4n) is 3.09. The minimum Gasteiger partial charge on any atom is -0.491 e. The van der Waals surface area contributed by atoms with Gasteiger partial charge in [-0.25, -0.2) is 8.42 Å². The van der Waals surface area contributed by atoms with Crippen LogP contribution in [0.4, 0.5) is 5.69 Å². The van der Waals surface area contributed by atoms with Crippen molar-refractivity contribution in [2.45, 2.75) is 24.8 Å². The number of carbonyl (C=O) groups is 1. The van der Waals surface area contributed by atoms with Crippen molar-refractivity contribution in [3.8, 4) is 5.75 Å². The highest BCUT2D eigenvalue weighted by Crippen LogP contribution is 2.26. The van der Waals surface area contributed by atoms with Gasteiger partial charge in [0.2, 0.25) is 5.91 Å². The van der Waals surface area contributed by atoms with Crippen LogP contribution in [0.25, 0.3) is 0 Å². The first-order valence-corrected chi connectivity index (χ1v) is 12.3. The molecule has 0 saturated heterocycles. The Balaban J connectivity index is 1.74. The Kier molecular flexibility index (Phi) is 7.93. The van der Waals surface area contributed by atoms with E-state index in [1.807, 2.05) is 38.1 Å². The summed E-state index contributed by atoms with van der Waals surface area (Å²) in [5.74, 6) is 0.321. The Hall–Kier alpha value is -2.84. The Morgan fingerprint density at radius 2 is 1.72 bits per heavy atom. The summed E-state index contributed by atoms with van der Waals surface area (Å²) in [6.45, 7) is 3.66. The first kappa shape index (κ1) is 23.8. The van der Waals surface area contributed by atoms with E-state index in [2.05, 4.69) is 21.2 Å². The molecule has 168 valence electrons. The lowest BCUT2D eigenvalue weighted by Gasteiger charge is -2.25. The quantitative estimate of drug-likeness (QED) is 0.453. The largest absolute Gasteiger partial charge is 0.491 e. The van der Waals surface area contributed by atoms with Crippen LogP contribution in [0.15, 0.2) is 88.2 Å². The Morgan fingerprint density at radius 1 is 1.03 bits per heavy atom. The second-order valence-corrected chi connectivity index (χ2v) is 10.1. The van der Waals surface area contributed by atoms with Gasteiger partial charge in [-0.3, -0.25) is 9.10 Å². The average molecular weight is 517 g/mol. The molecule has 1 atom stereocenters. The zero-order valence-corrected chi connectivity index (χ0v) is 20.3. The lowest BCUT2D eigenvalue weighted by atomic mass is 10.2. The number of halogens is 1. The third-order valence-electron chi connectivity index (χ3n) is 4.70. The SMILES string of the molecule is Cc1ccccc1OCC(C)NC(=O)CN(c1cccc(Br)c1)S(=O)(=O)c1ccccc1. The first-order valence-electron chi connectivity index (χ1n) is 10.1. The Bertz CT molecular complexity index is 1170. The maximum atomic E-state index is 13.3. The molecule has 0 fully saturated rings. The Labute approximate surface area is 197 Å². The fraction of sp³-hybridized carbons (Fsp3) is 0.208. The molecule has 0 spiro atoms. The van der Waals surface area contributed by atoms with Gasteiger partial charge in [0.1, 0.15) is 18.9 Å². The minimum atomic E-state index is -3.94. The molecule has 0 aromatic heterocycles. The number of nitrogens with one attached hydrogen (secondary N) is 1. The van der Waals surface area contributed by atoms with Crippen LogP contribution >= 0.6 is 15.9 Å². The molecule has 0 aliphatic rings. The molecular weight excluding hydrogens is 492 g/mol. The van der Waals surface area contributed by atoms with E-state index in [1.54, 1.807) is 42.5 Å². The topological polar surface area (TPSA) is 75.7 Å². The summed E-state index contributed by atoms with van der Waals surface area (Å²) < 4.78 is 34.2. The van der Waals surface area contributed by atoms with E-state index >= 15 is 0 Å². The zero-order chi connectivity index (χ0) is 23.1. The highest BCUT2D eigenvalue weighted by Gasteiger charge is 2.27. The van der Waals surface area contributed by atoms with Crippen LogP contribution in [0.2, 0.25) is 0 Å². The minimum absolute atomic E-state index is 0.115. The van der Waals surface area contributed by atoms with E-state index in [-0.39, 0.29) is 24.1 Å². The van der Waals surface area contributed by atoms with Gasteiger partial charge in [-0.1, -0.05) is 58.4 Å². The monoisotopic (exact) mass is 516 g/mol. The van der Waals surface area contributed by atoms with Gasteiger partial charge in [0.15, 0.2) is 0 Å². The van der Waals surface area contributed by atoms with Gasteiger partial charge >= 0.3 is 0 Å². The molecule has 0 aliphatic heterocycles. The lowest BCUT2D eigenvalue weighted by molar-refractivity contribution is -0.120. The van der Waals surface area contributed by atoms with E-state index in [4.69, 9.17) is 4.74 Å². The molecule has 1 unspecified atom stereocenters. The number of nitrogens with zero attached hydrogens (tertiary/aromatic N) is 1. The maximum Gasteiger partial charge on any atom is 0.264 e. The number of aryl methyl sites for hydroxylation is 1. The maximum absolute atomic E-state index is 13.3. The molecule has 0 bridgehead atoms. The third-order valence-corrected chi connectivity index (χ3v) is 6.99. The summed E-state index contributed by atoms with van der Waals surface area (Å²) in [6.07, 6.45) is 0. The smallest absolute Gasteiger partial charge is 0.264 e. The molecule has 1 amide bonds. The van der Waals surface area contributed by atoms with Gasteiger partial charge in [-0.15, -0.1) is 0 Å². The summed E-state index contributed by atoms with van der Waals surface area (Å²) >= 11 is 3.37. The molecule has 8 heteroatoms. The molecule has 6 nitrogen and oxygen atoms in total. The van der Waals surface area contributed by atoms with Crippen LogP contribution in [-0.2, 0) is 14.8 Å². The zero-order valence-electron chi connectivity index (χ0n) is 17.9. The van der Waals surface area contributed by atoms with Crippen molar-refractivity contribution in [2.75, 3.05) is 17.5 Å². The number of sulfonamides is 1. The molecular formula is C24H25BrN2O4S. The van der Waals surface area contributed by atoms with Crippen molar-refractivity contribution in [1.82, 2.24) is 5.32 Å². The van der Waals surface area contributed by atoms with E-state index < -0.39 is 15.9 Å². The molecule has 1 N–H and O–H groups in total. The number of benzene rings is 3. The normalized spacial score (nSPS) is 12.1. The Morgan fingerprint density at radius 3 is 2.41 bits per heavy atom. The van der Waals surface area contributed by atoms with Gasteiger partial charge in [0, 0.05) is 4.47 Å². The number of rotatable bonds is 9. The number of anilines is 1. The molecule has 0 heterocycles. The van der Waals surface area contributed by atoms with Gasteiger partial charge in [0.25, 0.3) is 10.0 Å². The summed E-state index contributed by atoms with van der Waals surface area (Å²) in [4.78, 5) is 12.9. The molecule has 0 saturated carbocycles. The third kappa shape index (κ3) is 6.11. The van der Waals surface area contributed by atoms with Crippen LogP contribution in [-0.4, -0.2) is 33.5 Å². The van der Waals surface area contributed by atoms with E-state index in [9.17, 15) is 13.2 Å². The summed E-state index contributed by atoms with van der Waals surface area (Å²) in [6, 6.07) is 22.2. The number of hydrogen-bond donors (Lipinski definition) is 1. The number of para-hydroxylation sites is 1. The second kappa shape index (κ2) is 10.7. The van der Waals surface area contributed by atoms with E-state index in [0.717, 1.165) is 15.6 Å².